The SMILES string of the molecule is CC.CC1=CCc2cc3ccc(C)cc3cc2C=C1. The predicted molar refractivity (Wildman–Crippen MR) is 86.5 cm³/mol. The quantitative estimate of drug-likeness (QED) is 0.563. The maximum absolute atomic E-state index is 2.32. The largest absolute Gasteiger partial charge is 0.0772 e. The highest BCUT2D eigenvalue weighted by molar-refractivity contribution is 5.87. The summed E-state index contributed by atoms with van der Waals surface area (Å²) in [7, 11) is 0. The summed E-state index contributed by atoms with van der Waals surface area (Å²) in [6, 6.07) is 11.3. The van der Waals surface area contributed by atoms with Gasteiger partial charge in [-0.05, 0) is 48.2 Å². The van der Waals surface area contributed by atoms with Crippen LogP contribution in [0.2, 0.25) is 0 Å². The van der Waals surface area contributed by atoms with Crippen molar-refractivity contribution in [1.82, 2.24) is 0 Å². The molecule has 0 heteroatoms. The zero-order valence-electron chi connectivity index (χ0n) is 12.3. The van der Waals surface area contributed by atoms with Gasteiger partial charge < -0.3 is 0 Å². The fraction of sp³-hybridized carbons (Fsp3) is 0.263. The maximum Gasteiger partial charge on any atom is -0.00856 e. The molecule has 0 saturated heterocycles. The molecular formula is C19H22. The van der Waals surface area contributed by atoms with Crippen molar-refractivity contribution in [3.8, 4) is 0 Å². The Hall–Kier alpha value is -1.82. The van der Waals surface area contributed by atoms with Crippen molar-refractivity contribution in [3.63, 3.8) is 0 Å². The number of fused-ring (bicyclic) bond motifs is 2. The van der Waals surface area contributed by atoms with Crippen LogP contribution in [0.4, 0.5) is 0 Å². The van der Waals surface area contributed by atoms with Crippen LogP contribution in [0.5, 0.6) is 0 Å². The maximum atomic E-state index is 2.32. The summed E-state index contributed by atoms with van der Waals surface area (Å²) in [6.07, 6.45) is 7.77. The molecule has 0 bridgehead atoms. The molecule has 0 N–H and O–H groups in total. The van der Waals surface area contributed by atoms with E-state index in [1.165, 1.54) is 33.0 Å². The van der Waals surface area contributed by atoms with Gasteiger partial charge in [0.15, 0.2) is 0 Å². The Kier molecular flexibility index (Phi) is 4.21. The van der Waals surface area contributed by atoms with Gasteiger partial charge in [0.25, 0.3) is 0 Å². The van der Waals surface area contributed by atoms with E-state index in [1.807, 2.05) is 13.8 Å². The molecule has 1 aliphatic carbocycles. The van der Waals surface area contributed by atoms with Crippen molar-refractivity contribution >= 4 is 16.8 Å². The number of hydrogen-bond acceptors (Lipinski definition) is 0. The van der Waals surface area contributed by atoms with Crippen molar-refractivity contribution in [1.29, 1.82) is 0 Å². The molecule has 0 amide bonds. The molecule has 0 heterocycles. The fourth-order valence-electron chi connectivity index (χ4n) is 2.37. The highest BCUT2D eigenvalue weighted by atomic mass is 14.1. The molecule has 2 aromatic rings. The van der Waals surface area contributed by atoms with Crippen LogP contribution in [0, 0.1) is 6.92 Å². The monoisotopic (exact) mass is 250 g/mol. The molecule has 19 heavy (non-hydrogen) atoms. The van der Waals surface area contributed by atoms with Crippen LogP contribution in [-0.4, -0.2) is 0 Å². The molecule has 0 unspecified atom stereocenters. The van der Waals surface area contributed by atoms with Gasteiger partial charge in [0.2, 0.25) is 0 Å². The molecule has 0 fully saturated rings. The molecule has 0 spiro atoms. The summed E-state index contributed by atoms with van der Waals surface area (Å²) in [5.74, 6) is 0. The van der Waals surface area contributed by atoms with Gasteiger partial charge >= 0.3 is 0 Å². The van der Waals surface area contributed by atoms with Crippen LogP contribution in [0.15, 0.2) is 48.1 Å². The van der Waals surface area contributed by atoms with E-state index in [9.17, 15) is 0 Å². The third-order valence-electron chi connectivity index (χ3n) is 3.42. The first-order valence-corrected chi connectivity index (χ1v) is 7.10. The van der Waals surface area contributed by atoms with E-state index in [4.69, 9.17) is 0 Å². The molecule has 1 aliphatic rings. The molecule has 0 atom stereocenters. The van der Waals surface area contributed by atoms with Gasteiger partial charge in [0.1, 0.15) is 0 Å². The van der Waals surface area contributed by atoms with Crippen molar-refractivity contribution in [3.05, 3.63) is 64.7 Å². The lowest BCUT2D eigenvalue weighted by molar-refractivity contribution is 1.25. The first-order chi connectivity index (χ1) is 9.22. The van der Waals surface area contributed by atoms with E-state index < -0.39 is 0 Å². The zero-order valence-corrected chi connectivity index (χ0v) is 12.3. The summed E-state index contributed by atoms with van der Waals surface area (Å²) >= 11 is 0. The van der Waals surface area contributed by atoms with E-state index >= 15 is 0 Å². The van der Waals surface area contributed by atoms with Gasteiger partial charge in [-0.25, -0.2) is 0 Å². The normalized spacial score (nSPS) is 13.2. The van der Waals surface area contributed by atoms with Gasteiger partial charge in [-0.2, -0.15) is 0 Å². The summed E-state index contributed by atoms with van der Waals surface area (Å²) in [5.41, 5.74) is 5.46. The van der Waals surface area contributed by atoms with Crippen LogP contribution in [0.25, 0.3) is 16.8 Å². The first-order valence-electron chi connectivity index (χ1n) is 7.10. The van der Waals surface area contributed by atoms with Crippen LogP contribution >= 0.6 is 0 Å². The highest BCUT2D eigenvalue weighted by Gasteiger charge is 2.04. The van der Waals surface area contributed by atoms with Gasteiger partial charge in [0.05, 0.1) is 0 Å². The van der Waals surface area contributed by atoms with E-state index in [1.54, 1.807) is 0 Å². The highest BCUT2D eigenvalue weighted by Crippen LogP contribution is 2.25. The van der Waals surface area contributed by atoms with Crippen LogP contribution < -0.4 is 0 Å². The molecule has 98 valence electrons. The lowest BCUT2D eigenvalue weighted by Crippen LogP contribution is -1.87. The minimum Gasteiger partial charge on any atom is -0.0772 e. The number of aryl methyl sites for hydroxylation is 1. The molecule has 0 saturated carbocycles. The third kappa shape index (κ3) is 2.96. The Morgan fingerprint density at radius 3 is 2.42 bits per heavy atom. The average Bonchev–Trinajstić information content (AvgIpc) is 2.61. The molecule has 2 aromatic carbocycles. The molecule has 0 aliphatic heterocycles. The minimum absolute atomic E-state index is 1.04. The summed E-state index contributed by atoms with van der Waals surface area (Å²) in [5, 5.41) is 2.68. The van der Waals surface area contributed by atoms with E-state index in [0.717, 1.165) is 6.42 Å². The Morgan fingerprint density at radius 2 is 1.63 bits per heavy atom. The number of allylic oxidation sites excluding steroid dienone is 3. The summed E-state index contributed by atoms with van der Waals surface area (Å²) < 4.78 is 0. The first kappa shape index (κ1) is 13.6. The number of benzene rings is 2. The van der Waals surface area contributed by atoms with Crippen molar-refractivity contribution < 1.29 is 0 Å². The lowest BCUT2D eigenvalue weighted by Gasteiger charge is -2.07. The van der Waals surface area contributed by atoms with Crippen LogP contribution in [-0.2, 0) is 6.42 Å². The molecule has 0 nitrogen and oxygen atoms in total. The van der Waals surface area contributed by atoms with Gasteiger partial charge in [-0.15, -0.1) is 0 Å². The van der Waals surface area contributed by atoms with Crippen LogP contribution in [0.3, 0.4) is 0 Å². The van der Waals surface area contributed by atoms with Crippen molar-refractivity contribution in [2.24, 2.45) is 0 Å². The smallest absolute Gasteiger partial charge is 0.00856 e. The van der Waals surface area contributed by atoms with E-state index in [-0.39, 0.29) is 0 Å². The Morgan fingerprint density at radius 1 is 0.842 bits per heavy atom. The minimum atomic E-state index is 1.04. The predicted octanol–water partition coefficient (Wildman–Crippen LogP) is 5.69. The second-order valence-corrected chi connectivity index (χ2v) is 4.89. The number of hydrogen-bond donors (Lipinski definition) is 0. The standard InChI is InChI=1S/C17H16.C2H6/c1-12-3-6-14-10-16-8-5-13(2)9-17(16)11-15(14)7-4-12;1-2/h3-5,7-11H,6H2,1-2H3;1-2H3. The average molecular weight is 250 g/mol. The fourth-order valence-corrected chi connectivity index (χ4v) is 2.37. The lowest BCUT2D eigenvalue weighted by atomic mass is 9.98. The zero-order chi connectivity index (χ0) is 13.8. The Balaban J connectivity index is 0.000000637. The molecule has 0 aromatic heterocycles. The van der Waals surface area contributed by atoms with Crippen LogP contribution in [0.1, 0.15) is 37.5 Å². The second kappa shape index (κ2) is 5.88. The molecule has 0 radical (unpaired) electrons. The molecule has 3 rings (SSSR count). The third-order valence-corrected chi connectivity index (χ3v) is 3.42. The van der Waals surface area contributed by atoms with Gasteiger partial charge in [-0.3, -0.25) is 0 Å². The Bertz CT molecular complexity index is 642. The summed E-state index contributed by atoms with van der Waals surface area (Å²) in [4.78, 5) is 0. The number of rotatable bonds is 0. The summed E-state index contributed by atoms with van der Waals surface area (Å²) in [6.45, 7) is 8.30. The van der Waals surface area contributed by atoms with Crippen molar-refractivity contribution in [2.75, 3.05) is 0 Å². The van der Waals surface area contributed by atoms with Gasteiger partial charge in [0, 0.05) is 0 Å². The Labute approximate surface area is 116 Å². The topological polar surface area (TPSA) is 0 Å². The van der Waals surface area contributed by atoms with Gasteiger partial charge in [-0.1, -0.05) is 67.5 Å². The molecular weight excluding hydrogens is 228 g/mol. The van der Waals surface area contributed by atoms with Crippen molar-refractivity contribution in [2.45, 2.75) is 34.1 Å². The van der Waals surface area contributed by atoms with E-state index in [2.05, 4.69) is 62.4 Å². The second-order valence-electron chi connectivity index (χ2n) is 4.89. The van der Waals surface area contributed by atoms with E-state index in [0.29, 0.717) is 0 Å².